The van der Waals surface area contributed by atoms with Crippen molar-refractivity contribution in [1.82, 2.24) is 29.9 Å². The summed E-state index contributed by atoms with van der Waals surface area (Å²) in [4.78, 5) is 8.61. The van der Waals surface area contributed by atoms with Crippen LogP contribution in [0.5, 0.6) is 0 Å². The summed E-state index contributed by atoms with van der Waals surface area (Å²) in [7, 11) is 0. The first-order valence-electron chi connectivity index (χ1n) is 12.7. The fraction of sp³-hybridized carbons (Fsp3) is 0.250. The molecule has 2 aromatic carbocycles. The summed E-state index contributed by atoms with van der Waals surface area (Å²) in [5.41, 5.74) is -3.58. The highest BCUT2D eigenvalue weighted by Gasteiger charge is 2.41. The number of rotatable bonds is 4. The van der Waals surface area contributed by atoms with Gasteiger partial charge < -0.3 is 0 Å². The molecule has 2 aliphatic heterocycles. The third-order valence-electron chi connectivity index (χ3n) is 7.40. The monoisotopic (exact) mass is 590 g/mol. The van der Waals surface area contributed by atoms with Gasteiger partial charge in [-0.15, -0.1) is 0 Å². The second-order valence-corrected chi connectivity index (χ2v) is 9.94. The summed E-state index contributed by atoms with van der Waals surface area (Å²) in [5.74, 6) is -2.15. The lowest BCUT2D eigenvalue weighted by atomic mass is 9.92. The molecule has 3 aromatic rings. The fourth-order valence-electron chi connectivity index (χ4n) is 5.32. The van der Waals surface area contributed by atoms with Gasteiger partial charge in [-0.2, -0.15) is 41.6 Å². The van der Waals surface area contributed by atoms with Gasteiger partial charge in [0.15, 0.2) is 17.5 Å². The van der Waals surface area contributed by atoms with E-state index in [2.05, 4.69) is 25.3 Å². The molecule has 6 rings (SSSR count). The minimum absolute atomic E-state index is 0.0248. The number of hydrogen-bond acceptors (Lipinski definition) is 5. The van der Waals surface area contributed by atoms with Gasteiger partial charge in [0.05, 0.1) is 40.5 Å². The van der Waals surface area contributed by atoms with Crippen LogP contribution < -0.4 is 0 Å². The molecule has 1 aliphatic carbocycles. The van der Waals surface area contributed by atoms with Crippen molar-refractivity contribution in [3.05, 3.63) is 89.4 Å². The number of aromatic nitrogens is 6. The van der Waals surface area contributed by atoms with Crippen LogP contribution >= 0.6 is 0 Å². The second kappa shape index (κ2) is 9.81. The van der Waals surface area contributed by atoms with Crippen LogP contribution in [0, 0.1) is 11.6 Å². The summed E-state index contributed by atoms with van der Waals surface area (Å²) in [6, 6.07) is 7.80. The highest BCUT2D eigenvalue weighted by molar-refractivity contribution is 5.66. The van der Waals surface area contributed by atoms with Crippen LogP contribution in [-0.2, 0) is 17.9 Å². The van der Waals surface area contributed by atoms with Gasteiger partial charge in [0.25, 0.3) is 0 Å². The van der Waals surface area contributed by atoms with Gasteiger partial charge in [-0.25, -0.2) is 18.7 Å². The molecule has 0 saturated heterocycles. The van der Waals surface area contributed by atoms with E-state index in [4.69, 9.17) is 0 Å². The van der Waals surface area contributed by atoms with Gasteiger partial charge in [0.2, 0.25) is 0 Å². The first kappa shape index (κ1) is 27.7. The number of alkyl halides is 6. The minimum Gasteiger partial charge on any atom is -0.258 e. The van der Waals surface area contributed by atoms with E-state index in [-0.39, 0.29) is 23.1 Å². The average molecular weight is 590 g/mol. The molecule has 14 heteroatoms. The van der Waals surface area contributed by atoms with Crippen LogP contribution in [0.15, 0.2) is 60.9 Å². The number of hydrogen-bond donors (Lipinski definition) is 0. The quantitative estimate of drug-likeness (QED) is 0.203. The zero-order valence-electron chi connectivity index (χ0n) is 21.3. The maximum Gasteiger partial charge on any atom is 0.417 e. The molecular formula is C28H18F8N6. The van der Waals surface area contributed by atoms with Gasteiger partial charge in [-0.1, -0.05) is 25.0 Å². The molecule has 0 bridgehead atoms. The largest absolute Gasteiger partial charge is 0.417 e. The Bertz CT molecular complexity index is 1740. The first-order valence-corrected chi connectivity index (χ1v) is 12.7. The topological polar surface area (TPSA) is 69.4 Å². The van der Waals surface area contributed by atoms with E-state index >= 15 is 0 Å². The van der Waals surface area contributed by atoms with E-state index in [0.29, 0.717) is 36.0 Å². The Hall–Kier alpha value is -4.49. The van der Waals surface area contributed by atoms with Crippen molar-refractivity contribution in [3.63, 3.8) is 0 Å². The van der Waals surface area contributed by atoms with Crippen LogP contribution in [0.4, 0.5) is 35.1 Å². The minimum atomic E-state index is -5.06. The molecular weight excluding hydrogens is 572 g/mol. The summed E-state index contributed by atoms with van der Waals surface area (Å²) < 4.78 is 110. The normalized spacial score (nSPS) is 15.4. The molecule has 216 valence electrons. The molecule has 6 nitrogen and oxygen atoms in total. The predicted molar refractivity (Wildman–Crippen MR) is 133 cm³/mol. The van der Waals surface area contributed by atoms with Crippen LogP contribution in [0.2, 0.25) is 0 Å². The molecule has 1 aromatic heterocycles. The molecule has 42 heavy (non-hydrogen) atoms. The predicted octanol–water partition coefficient (Wildman–Crippen LogP) is 7.54. The average Bonchev–Trinajstić information content (AvgIpc) is 3.61. The van der Waals surface area contributed by atoms with Crippen LogP contribution in [0.25, 0.3) is 34.0 Å². The van der Waals surface area contributed by atoms with E-state index in [9.17, 15) is 35.1 Å². The van der Waals surface area contributed by atoms with Gasteiger partial charge in [-0.05, 0) is 49.2 Å². The number of fused-ring (bicyclic) bond motifs is 1. The van der Waals surface area contributed by atoms with Gasteiger partial charge in [0, 0.05) is 5.56 Å². The highest BCUT2D eigenvalue weighted by Crippen LogP contribution is 2.43. The van der Waals surface area contributed by atoms with Gasteiger partial charge in [0.1, 0.15) is 16.9 Å². The maximum absolute atomic E-state index is 14.3. The zero-order chi connectivity index (χ0) is 29.9. The Labute approximate surface area is 232 Å². The summed E-state index contributed by atoms with van der Waals surface area (Å²) in [5, 5.41) is 12.7. The van der Waals surface area contributed by atoms with E-state index in [1.807, 2.05) is 0 Å². The van der Waals surface area contributed by atoms with E-state index in [1.165, 1.54) is 30.5 Å². The van der Waals surface area contributed by atoms with Crippen LogP contribution in [0.3, 0.4) is 0 Å². The fourth-order valence-corrected chi connectivity index (χ4v) is 5.32. The number of imidazole rings is 1. The highest BCUT2D eigenvalue weighted by atomic mass is 19.4. The van der Waals surface area contributed by atoms with Gasteiger partial charge >= 0.3 is 12.4 Å². The van der Waals surface area contributed by atoms with E-state index in [0.717, 1.165) is 25.0 Å². The summed E-state index contributed by atoms with van der Waals surface area (Å²) in [6.45, 7) is 0. The Morgan fingerprint density at radius 1 is 0.738 bits per heavy atom. The summed E-state index contributed by atoms with van der Waals surface area (Å²) in [6.07, 6.45) is -4.35. The van der Waals surface area contributed by atoms with Crippen molar-refractivity contribution < 1.29 is 35.1 Å². The Morgan fingerprint density at radius 3 is 2.14 bits per heavy atom. The Kier molecular flexibility index (Phi) is 6.46. The van der Waals surface area contributed by atoms with Crippen LogP contribution in [-0.4, -0.2) is 29.9 Å². The molecule has 0 amide bonds. The standard InChI is InChI=1S/C28H18F8N6/c29-19-5-3-4-17(24(19)30)25-38-21-13-37-42(14-22(21)39-25)26(10-1-2-11-26)23-9-8-20(40-41-23)16-7-6-15(27(31,32)33)12-18(16)28(34,35)36/h3-9,12-14H,1-2,10-11H2. The lowest BCUT2D eigenvalue weighted by Gasteiger charge is -2.30. The number of nitrogens with zero attached hydrogens (tertiary/aromatic N) is 6. The van der Waals surface area contributed by atoms with Crippen molar-refractivity contribution in [2.75, 3.05) is 0 Å². The Morgan fingerprint density at radius 2 is 1.48 bits per heavy atom. The molecule has 0 unspecified atom stereocenters. The maximum atomic E-state index is 14.3. The number of benzene rings is 2. The molecule has 0 atom stereocenters. The van der Waals surface area contributed by atoms with Crippen molar-refractivity contribution >= 4 is 0 Å². The van der Waals surface area contributed by atoms with Crippen molar-refractivity contribution in [2.24, 2.45) is 0 Å². The molecule has 0 N–H and O–H groups in total. The number of halogens is 8. The Balaban J connectivity index is 1.39. The zero-order valence-corrected chi connectivity index (χ0v) is 21.3. The second-order valence-electron chi connectivity index (χ2n) is 9.94. The third-order valence-corrected chi connectivity index (χ3v) is 7.40. The van der Waals surface area contributed by atoms with E-state index < -0.39 is 46.2 Å². The molecule has 0 radical (unpaired) electrons. The van der Waals surface area contributed by atoms with Crippen molar-refractivity contribution in [1.29, 1.82) is 0 Å². The lowest BCUT2D eigenvalue weighted by Crippen LogP contribution is -2.35. The van der Waals surface area contributed by atoms with Crippen molar-refractivity contribution in [2.45, 2.75) is 43.6 Å². The van der Waals surface area contributed by atoms with Gasteiger partial charge in [-0.3, -0.25) is 4.68 Å². The first-order chi connectivity index (χ1) is 19.9. The SMILES string of the molecule is Fc1cccc(-c2nc3cnn(C4(c5ccc(-c6ccc(C(F)(F)F)cc6C(F)(F)F)nn5)CCCC4)cc-3n2)c1F. The smallest absolute Gasteiger partial charge is 0.258 e. The summed E-state index contributed by atoms with van der Waals surface area (Å²) >= 11 is 0. The molecule has 0 spiro atoms. The lowest BCUT2D eigenvalue weighted by molar-refractivity contribution is -0.142. The molecule has 1 fully saturated rings. The van der Waals surface area contributed by atoms with Crippen molar-refractivity contribution in [3.8, 4) is 34.0 Å². The van der Waals surface area contributed by atoms with E-state index in [1.54, 1.807) is 10.9 Å². The molecule has 3 aliphatic rings. The molecule has 3 heterocycles. The molecule has 1 saturated carbocycles. The third kappa shape index (κ3) is 4.73. The van der Waals surface area contributed by atoms with Crippen LogP contribution in [0.1, 0.15) is 42.5 Å².